The highest BCUT2D eigenvalue weighted by atomic mass is 16.4. The third-order valence-electron chi connectivity index (χ3n) is 5.62. The molecular weight excluding hydrogens is 444 g/mol. The van der Waals surface area contributed by atoms with Crippen molar-refractivity contribution in [3.05, 3.63) is 29.8 Å². The molecule has 190 valence electrons. The molecule has 0 saturated heterocycles. The first-order valence-electron chi connectivity index (χ1n) is 11.2. The van der Waals surface area contributed by atoms with E-state index in [2.05, 4.69) is 16.0 Å². The van der Waals surface area contributed by atoms with Gasteiger partial charge in [-0.25, -0.2) is 4.79 Å². The Hall–Kier alpha value is -3.18. The molecule has 34 heavy (non-hydrogen) atoms. The summed E-state index contributed by atoms with van der Waals surface area (Å²) in [4.78, 5) is 49.8. The predicted molar refractivity (Wildman–Crippen MR) is 125 cm³/mol. The maximum absolute atomic E-state index is 13.2. The highest BCUT2D eigenvalue weighted by Crippen LogP contribution is 2.13. The van der Waals surface area contributed by atoms with Gasteiger partial charge in [0.05, 0.1) is 12.6 Å². The van der Waals surface area contributed by atoms with Crippen LogP contribution in [0.1, 0.15) is 39.7 Å². The predicted octanol–water partition coefficient (Wildman–Crippen LogP) is -0.505. The molecule has 0 aliphatic heterocycles. The van der Waals surface area contributed by atoms with E-state index in [0.29, 0.717) is 12.0 Å². The van der Waals surface area contributed by atoms with Crippen LogP contribution in [0.5, 0.6) is 5.75 Å². The molecule has 0 bridgehead atoms. The van der Waals surface area contributed by atoms with E-state index in [1.807, 2.05) is 6.92 Å². The molecule has 0 radical (unpaired) electrons. The average Bonchev–Trinajstić information content (AvgIpc) is 2.79. The summed E-state index contributed by atoms with van der Waals surface area (Å²) in [7, 11) is 0. The highest BCUT2D eigenvalue weighted by Gasteiger charge is 2.32. The lowest BCUT2D eigenvalue weighted by Crippen LogP contribution is -2.59. The first-order valence-corrected chi connectivity index (χ1v) is 11.2. The zero-order chi connectivity index (χ0) is 26.0. The quantitative estimate of drug-likeness (QED) is 0.196. The highest BCUT2D eigenvalue weighted by molar-refractivity contribution is 5.94. The molecule has 11 heteroatoms. The fourth-order valence-electron chi connectivity index (χ4n) is 3.05. The molecule has 8 N–H and O–H groups in total. The number of rotatable bonds is 13. The SMILES string of the molecule is CCC(C)C(NC(=O)C(N)C(C)C)C(=O)NC(Cc1ccc(O)cc1)C(=O)NC(CO)C(=O)O. The second-order valence-electron chi connectivity index (χ2n) is 8.66. The van der Waals surface area contributed by atoms with Crippen molar-refractivity contribution in [3.8, 4) is 5.75 Å². The molecule has 0 spiro atoms. The molecule has 1 aromatic carbocycles. The summed E-state index contributed by atoms with van der Waals surface area (Å²) < 4.78 is 0. The van der Waals surface area contributed by atoms with Crippen LogP contribution in [0.25, 0.3) is 0 Å². The van der Waals surface area contributed by atoms with Crippen LogP contribution in [0.2, 0.25) is 0 Å². The molecule has 0 aromatic heterocycles. The lowest BCUT2D eigenvalue weighted by molar-refractivity contribution is -0.143. The number of carboxylic acid groups (broad SMARTS) is 1. The molecule has 0 aliphatic rings. The van der Waals surface area contributed by atoms with Crippen molar-refractivity contribution in [2.24, 2.45) is 17.6 Å². The van der Waals surface area contributed by atoms with E-state index in [1.165, 1.54) is 12.1 Å². The normalized spacial score (nSPS) is 15.5. The number of benzene rings is 1. The lowest BCUT2D eigenvalue weighted by atomic mass is 9.96. The summed E-state index contributed by atoms with van der Waals surface area (Å²) in [6, 6.07) is 1.36. The van der Waals surface area contributed by atoms with Gasteiger partial charge < -0.3 is 37.0 Å². The number of carboxylic acids is 1. The van der Waals surface area contributed by atoms with Crippen molar-refractivity contribution in [1.82, 2.24) is 16.0 Å². The van der Waals surface area contributed by atoms with E-state index < -0.39 is 54.5 Å². The topological polar surface area (TPSA) is 191 Å². The Labute approximate surface area is 199 Å². The van der Waals surface area contributed by atoms with Crippen molar-refractivity contribution in [1.29, 1.82) is 0 Å². The van der Waals surface area contributed by atoms with Gasteiger partial charge >= 0.3 is 5.97 Å². The molecule has 11 nitrogen and oxygen atoms in total. The minimum atomic E-state index is -1.55. The second-order valence-corrected chi connectivity index (χ2v) is 8.66. The number of carbonyl (C=O) groups is 4. The lowest BCUT2D eigenvalue weighted by Gasteiger charge is -2.28. The number of aliphatic hydroxyl groups excluding tert-OH is 1. The molecule has 0 heterocycles. The number of aromatic hydroxyl groups is 1. The molecule has 0 aliphatic carbocycles. The smallest absolute Gasteiger partial charge is 0.328 e. The van der Waals surface area contributed by atoms with Gasteiger partial charge in [0.2, 0.25) is 17.7 Å². The number of amides is 3. The molecule has 0 saturated carbocycles. The van der Waals surface area contributed by atoms with Crippen LogP contribution in [0.3, 0.4) is 0 Å². The molecule has 3 amide bonds. The van der Waals surface area contributed by atoms with Gasteiger partial charge in [0, 0.05) is 6.42 Å². The number of hydrogen-bond acceptors (Lipinski definition) is 7. The van der Waals surface area contributed by atoms with Gasteiger partial charge in [-0.1, -0.05) is 46.2 Å². The van der Waals surface area contributed by atoms with Crippen molar-refractivity contribution in [2.45, 2.75) is 64.7 Å². The van der Waals surface area contributed by atoms with E-state index in [0.717, 1.165) is 0 Å². The van der Waals surface area contributed by atoms with Gasteiger partial charge in [0.15, 0.2) is 0 Å². The summed E-state index contributed by atoms with van der Waals surface area (Å²) in [6.45, 7) is 6.34. The van der Waals surface area contributed by atoms with Crippen LogP contribution in [0.15, 0.2) is 24.3 Å². The van der Waals surface area contributed by atoms with Crippen LogP contribution in [-0.4, -0.2) is 69.8 Å². The number of aliphatic hydroxyl groups is 1. The van der Waals surface area contributed by atoms with Gasteiger partial charge in [-0.2, -0.15) is 0 Å². The van der Waals surface area contributed by atoms with E-state index in [1.54, 1.807) is 32.9 Å². The Kier molecular flexibility index (Phi) is 11.5. The van der Waals surface area contributed by atoms with Crippen LogP contribution in [0.4, 0.5) is 0 Å². The zero-order valence-electron chi connectivity index (χ0n) is 19.9. The van der Waals surface area contributed by atoms with E-state index >= 15 is 0 Å². The molecule has 5 unspecified atom stereocenters. The second kappa shape index (κ2) is 13.5. The third kappa shape index (κ3) is 8.64. The van der Waals surface area contributed by atoms with Crippen molar-refractivity contribution in [2.75, 3.05) is 6.61 Å². The Bertz CT molecular complexity index is 844. The monoisotopic (exact) mass is 480 g/mol. The van der Waals surface area contributed by atoms with Gasteiger partial charge in [-0.05, 0) is 29.5 Å². The number of nitrogens with one attached hydrogen (secondary N) is 3. The maximum atomic E-state index is 13.2. The van der Waals surface area contributed by atoms with Crippen LogP contribution < -0.4 is 21.7 Å². The van der Waals surface area contributed by atoms with Crippen LogP contribution in [0, 0.1) is 11.8 Å². The van der Waals surface area contributed by atoms with Crippen molar-refractivity contribution in [3.63, 3.8) is 0 Å². The minimum absolute atomic E-state index is 0.0149. The average molecular weight is 481 g/mol. The van der Waals surface area contributed by atoms with E-state index in [-0.39, 0.29) is 24.0 Å². The van der Waals surface area contributed by atoms with Gasteiger partial charge in [-0.15, -0.1) is 0 Å². The summed E-state index contributed by atoms with van der Waals surface area (Å²) >= 11 is 0. The van der Waals surface area contributed by atoms with Gasteiger partial charge in [0.1, 0.15) is 23.9 Å². The van der Waals surface area contributed by atoms with E-state index in [4.69, 9.17) is 10.8 Å². The van der Waals surface area contributed by atoms with E-state index in [9.17, 15) is 29.4 Å². The number of nitrogens with two attached hydrogens (primary N) is 1. The third-order valence-corrected chi connectivity index (χ3v) is 5.62. The Morgan fingerprint density at radius 3 is 1.94 bits per heavy atom. The summed E-state index contributed by atoms with van der Waals surface area (Å²) in [6.07, 6.45) is 0.526. The molecule has 0 fully saturated rings. The molecule has 5 atom stereocenters. The fraction of sp³-hybridized carbons (Fsp3) is 0.565. The Morgan fingerprint density at radius 2 is 1.47 bits per heavy atom. The van der Waals surface area contributed by atoms with Gasteiger partial charge in [0.25, 0.3) is 0 Å². The summed E-state index contributed by atoms with van der Waals surface area (Å²) in [5.41, 5.74) is 6.49. The number of hydrogen-bond donors (Lipinski definition) is 7. The van der Waals surface area contributed by atoms with Crippen LogP contribution >= 0.6 is 0 Å². The number of phenolic OH excluding ortho intramolecular Hbond substituents is 1. The van der Waals surface area contributed by atoms with Crippen molar-refractivity contribution >= 4 is 23.7 Å². The summed E-state index contributed by atoms with van der Waals surface area (Å²) in [5, 5.41) is 35.3. The Balaban J connectivity index is 3.15. The molecule has 1 rings (SSSR count). The zero-order valence-corrected chi connectivity index (χ0v) is 19.9. The molecular formula is C23H36N4O7. The fourth-order valence-corrected chi connectivity index (χ4v) is 3.05. The first kappa shape index (κ1) is 28.9. The number of phenols is 1. The minimum Gasteiger partial charge on any atom is -0.508 e. The Morgan fingerprint density at radius 1 is 0.912 bits per heavy atom. The standard InChI is InChI=1S/C23H36N4O7/c1-5-13(4)19(27-21(31)18(24)12(2)3)22(32)25-16(10-14-6-8-15(29)9-7-14)20(30)26-17(11-28)23(33)34/h6-9,12-13,16-19,28-29H,5,10-11,24H2,1-4H3,(H,25,32)(H,26,30)(H,27,31)(H,33,34). The molecule has 1 aromatic rings. The first-order chi connectivity index (χ1) is 15.9. The summed E-state index contributed by atoms with van der Waals surface area (Å²) in [5.74, 6) is -3.81. The maximum Gasteiger partial charge on any atom is 0.328 e. The van der Waals surface area contributed by atoms with Gasteiger partial charge in [-0.3, -0.25) is 14.4 Å². The number of aliphatic carboxylic acids is 1. The van der Waals surface area contributed by atoms with Crippen LogP contribution in [-0.2, 0) is 25.6 Å². The van der Waals surface area contributed by atoms with Crippen molar-refractivity contribution < 1.29 is 34.5 Å². The largest absolute Gasteiger partial charge is 0.508 e. The number of carbonyl (C=O) groups excluding carboxylic acids is 3.